The molecular formula is C10H21NO3S. The van der Waals surface area contributed by atoms with E-state index in [2.05, 4.69) is 0 Å². The second kappa shape index (κ2) is 4.80. The summed E-state index contributed by atoms with van der Waals surface area (Å²) in [6.45, 7) is 4.53. The second-order valence-corrected chi connectivity index (χ2v) is 6.50. The highest BCUT2D eigenvalue weighted by Gasteiger charge is 2.45. The van der Waals surface area contributed by atoms with E-state index >= 15 is 0 Å². The summed E-state index contributed by atoms with van der Waals surface area (Å²) in [5.41, 5.74) is -0.756. The normalized spacial score (nSPS) is 21.3. The van der Waals surface area contributed by atoms with Crippen LogP contribution in [0.2, 0.25) is 0 Å². The van der Waals surface area contributed by atoms with Gasteiger partial charge in [-0.3, -0.25) is 0 Å². The molecule has 0 atom stereocenters. The van der Waals surface area contributed by atoms with Crippen molar-refractivity contribution in [3.63, 3.8) is 0 Å². The number of sulfonamides is 1. The van der Waals surface area contributed by atoms with Crippen molar-refractivity contribution in [3.8, 4) is 0 Å². The Morgan fingerprint density at radius 2 is 1.87 bits per heavy atom. The molecule has 1 aliphatic rings. The molecule has 90 valence electrons. The monoisotopic (exact) mass is 235 g/mol. The molecule has 0 saturated carbocycles. The minimum atomic E-state index is -3.10. The summed E-state index contributed by atoms with van der Waals surface area (Å²) in [7, 11) is -3.10. The van der Waals surface area contributed by atoms with Crippen molar-refractivity contribution in [3.05, 3.63) is 0 Å². The van der Waals surface area contributed by atoms with Crippen LogP contribution in [0.4, 0.5) is 0 Å². The van der Waals surface area contributed by atoms with E-state index in [0.29, 0.717) is 12.8 Å². The topological polar surface area (TPSA) is 57.6 Å². The van der Waals surface area contributed by atoms with Crippen molar-refractivity contribution < 1.29 is 13.5 Å². The summed E-state index contributed by atoms with van der Waals surface area (Å²) in [5.74, 6) is 0.214. The lowest BCUT2D eigenvalue weighted by molar-refractivity contribution is -0.0653. The zero-order chi connectivity index (χ0) is 11.5. The van der Waals surface area contributed by atoms with Gasteiger partial charge in [0.15, 0.2) is 0 Å². The molecule has 1 heterocycles. The summed E-state index contributed by atoms with van der Waals surface area (Å²) in [5, 5.41) is 9.86. The Hall–Kier alpha value is -0.130. The third-order valence-electron chi connectivity index (χ3n) is 2.81. The van der Waals surface area contributed by atoms with Crippen molar-refractivity contribution in [1.29, 1.82) is 0 Å². The molecule has 0 aromatic heterocycles. The van der Waals surface area contributed by atoms with Gasteiger partial charge in [0.2, 0.25) is 10.0 Å². The van der Waals surface area contributed by atoms with Crippen LogP contribution in [0.1, 0.15) is 39.5 Å². The van der Waals surface area contributed by atoms with Gasteiger partial charge in [0.25, 0.3) is 0 Å². The zero-order valence-corrected chi connectivity index (χ0v) is 10.4. The molecule has 0 aromatic rings. The molecule has 0 unspecified atom stereocenters. The van der Waals surface area contributed by atoms with Gasteiger partial charge in [-0.05, 0) is 12.8 Å². The number of nitrogens with zero attached hydrogens (tertiary/aromatic N) is 1. The first-order valence-corrected chi connectivity index (χ1v) is 7.24. The largest absolute Gasteiger partial charge is 0.387 e. The number of aliphatic hydroxyl groups is 1. The van der Waals surface area contributed by atoms with E-state index in [9.17, 15) is 13.5 Å². The van der Waals surface area contributed by atoms with Crippen molar-refractivity contribution in [2.45, 2.75) is 45.1 Å². The van der Waals surface area contributed by atoms with E-state index < -0.39 is 15.6 Å². The van der Waals surface area contributed by atoms with Gasteiger partial charge < -0.3 is 5.11 Å². The first-order chi connectivity index (χ1) is 6.93. The number of rotatable bonds is 6. The highest BCUT2D eigenvalue weighted by atomic mass is 32.2. The van der Waals surface area contributed by atoms with Gasteiger partial charge in [0, 0.05) is 13.1 Å². The van der Waals surface area contributed by atoms with E-state index in [1.54, 1.807) is 0 Å². The smallest absolute Gasteiger partial charge is 0.214 e. The lowest BCUT2D eigenvalue weighted by Gasteiger charge is -2.45. The van der Waals surface area contributed by atoms with Crippen LogP contribution in [0.5, 0.6) is 0 Å². The molecular weight excluding hydrogens is 214 g/mol. The fourth-order valence-electron chi connectivity index (χ4n) is 1.89. The minimum absolute atomic E-state index is 0.214. The number of hydrogen-bond donors (Lipinski definition) is 1. The molecule has 15 heavy (non-hydrogen) atoms. The summed E-state index contributed by atoms with van der Waals surface area (Å²) >= 11 is 0. The predicted octanol–water partition coefficient (Wildman–Crippen LogP) is 0.963. The summed E-state index contributed by atoms with van der Waals surface area (Å²) in [4.78, 5) is 0. The maximum atomic E-state index is 11.7. The Kier molecular flexibility index (Phi) is 4.14. The Labute approximate surface area is 92.3 Å². The molecule has 0 aromatic carbocycles. The van der Waals surface area contributed by atoms with Crippen molar-refractivity contribution in [1.82, 2.24) is 4.31 Å². The van der Waals surface area contributed by atoms with Gasteiger partial charge in [0.1, 0.15) is 0 Å². The van der Waals surface area contributed by atoms with E-state index in [0.717, 1.165) is 12.8 Å². The predicted molar refractivity (Wildman–Crippen MR) is 60.1 cm³/mol. The molecule has 0 aliphatic carbocycles. The van der Waals surface area contributed by atoms with Crippen LogP contribution in [0.15, 0.2) is 0 Å². The lowest BCUT2D eigenvalue weighted by atomic mass is 9.92. The number of hydrogen-bond acceptors (Lipinski definition) is 3. The molecule has 4 nitrogen and oxygen atoms in total. The standard InChI is InChI=1S/C10H21NO3S/c1-3-5-7-15(13,14)11-8-10(12,9-11)6-4-2/h12H,3-9H2,1-2H3. The number of unbranched alkanes of at least 4 members (excludes halogenated alkanes) is 1. The molecule has 0 radical (unpaired) electrons. The third kappa shape index (κ3) is 3.16. The Balaban J connectivity index is 2.43. The quantitative estimate of drug-likeness (QED) is 0.746. The van der Waals surface area contributed by atoms with Crippen molar-refractivity contribution in [2.75, 3.05) is 18.8 Å². The van der Waals surface area contributed by atoms with Crippen LogP contribution in [0, 0.1) is 0 Å². The fourth-order valence-corrected chi connectivity index (χ4v) is 3.67. The van der Waals surface area contributed by atoms with E-state index in [1.165, 1.54) is 4.31 Å². The van der Waals surface area contributed by atoms with Crippen molar-refractivity contribution in [2.24, 2.45) is 0 Å². The molecule has 5 heteroatoms. The summed E-state index contributed by atoms with van der Waals surface area (Å²) in [6, 6.07) is 0. The molecule has 1 aliphatic heterocycles. The van der Waals surface area contributed by atoms with Crippen LogP contribution in [-0.4, -0.2) is 42.3 Å². The Morgan fingerprint density at radius 1 is 1.27 bits per heavy atom. The zero-order valence-electron chi connectivity index (χ0n) is 9.57. The Morgan fingerprint density at radius 3 is 2.33 bits per heavy atom. The first kappa shape index (κ1) is 12.9. The highest BCUT2D eigenvalue weighted by Crippen LogP contribution is 2.28. The maximum absolute atomic E-state index is 11.7. The number of β-amino-alcohol motifs (C(OH)–C–C–N with tert-alkyl or cyclic N) is 1. The van der Waals surface area contributed by atoms with Crippen LogP contribution in [0.3, 0.4) is 0 Å². The van der Waals surface area contributed by atoms with E-state index in [4.69, 9.17) is 0 Å². The van der Waals surface area contributed by atoms with Gasteiger partial charge in [-0.25, -0.2) is 8.42 Å². The van der Waals surface area contributed by atoms with Crippen LogP contribution >= 0.6 is 0 Å². The van der Waals surface area contributed by atoms with Gasteiger partial charge in [-0.15, -0.1) is 0 Å². The highest BCUT2D eigenvalue weighted by molar-refractivity contribution is 7.89. The van der Waals surface area contributed by atoms with Gasteiger partial charge in [-0.2, -0.15) is 4.31 Å². The fraction of sp³-hybridized carbons (Fsp3) is 1.00. The van der Waals surface area contributed by atoms with Gasteiger partial charge in [-0.1, -0.05) is 26.7 Å². The van der Waals surface area contributed by atoms with E-state index in [-0.39, 0.29) is 18.8 Å². The van der Waals surface area contributed by atoms with E-state index in [1.807, 2.05) is 13.8 Å². The minimum Gasteiger partial charge on any atom is -0.387 e. The van der Waals surface area contributed by atoms with Crippen molar-refractivity contribution >= 4 is 10.0 Å². The molecule has 0 amide bonds. The molecule has 1 N–H and O–H groups in total. The third-order valence-corrected chi connectivity index (χ3v) is 4.66. The summed E-state index contributed by atoms with van der Waals surface area (Å²) in [6.07, 6.45) is 3.16. The molecule has 1 saturated heterocycles. The molecule has 0 bridgehead atoms. The average molecular weight is 235 g/mol. The summed E-state index contributed by atoms with van der Waals surface area (Å²) < 4.78 is 24.8. The average Bonchev–Trinajstić information content (AvgIpc) is 2.11. The maximum Gasteiger partial charge on any atom is 0.214 e. The van der Waals surface area contributed by atoms with Crippen LogP contribution < -0.4 is 0 Å². The SMILES string of the molecule is CCCCS(=O)(=O)N1CC(O)(CCC)C1. The van der Waals surface area contributed by atoms with Gasteiger partial charge >= 0.3 is 0 Å². The Bertz CT molecular complexity index is 294. The first-order valence-electron chi connectivity index (χ1n) is 5.64. The van der Waals surface area contributed by atoms with Crippen LogP contribution in [-0.2, 0) is 10.0 Å². The second-order valence-electron chi connectivity index (χ2n) is 4.41. The molecule has 1 rings (SSSR count). The lowest BCUT2D eigenvalue weighted by Crippen LogP contribution is -2.63. The molecule has 0 spiro atoms. The molecule has 1 fully saturated rings. The van der Waals surface area contributed by atoms with Crippen LogP contribution in [0.25, 0.3) is 0 Å². The van der Waals surface area contributed by atoms with Gasteiger partial charge in [0.05, 0.1) is 11.4 Å².